The summed E-state index contributed by atoms with van der Waals surface area (Å²) in [6.07, 6.45) is 10.3. The van der Waals surface area contributed by atoms with E-state index in [2.05, 4.69) is 6.07 Å². The van der Waals surface area contributed by atoms with Crippen LogP contribution in [0.2, 0.25) is 0 Å². The Balaban J connectivity index is 2.85. The van der Waals surface area contributed by atoms with E-state index in [0.717, 1.165) is 19.3 Å². The van der Waals surface area contributed by atoms with Crippen LogP contribution in [0.25, 0.3) is 0 Å². The summed E-state index contributed by atoms with van der Waals surface area (Å²) in [4.78, 5) is 0. The average molecular weight is 177 g/mol. The normalized spacial score (nSPS) is 9.08. The quantitative estimate of drug-likeness (QED) is 0.534. The van der Waals surface area contributed by atoms with Gasteiger partial charge in [-0.3, -0.25) is 0 Å². The van der Waals surface area contributed by atoms with E-state index in [1.54, 1.807) is 6.42 Å². The first-order chi connectivity index (χ1) is 6.41. The molecule has 0 saturated heterocycles. The van der Waals surface area contributed by atoms with Crippen LogP contribution < -0.4 is 0 Å². The molecule has 0 bridgehead atoms. The fraction of sp³-hybridized carbons (Fsp3) is 0.727. The summed E-state index contributed by atoms with van der Waals surface area (Å²) in [6, 6.07) is 4.17. The molecule has 0 heterocycles. The van der Waals surface area contributed by atoms with Crippen LogP contribution >= 0.6 is 0 Å². The van der Waals surface area contributed by atoms with Crippen molar-refractivity contribution in [2.75, 3.05) is 0 Å². The number of hydrogen-bond acceptors (Lipinski definition) is 2. The first-order valence-electron chi connectivity index (χ1n) is 5.00. The Hall–Kier alpha value is -1.02. The summed E-state index contributed by atoms with van der Waals surface area (Å²) in [5, 5.41) is 16.5. The summed E-state index contributed by atoms with van der Waals surface area (Å²) in [6.45, 7) is 0. The highest BCUT2D eigenvalue weighted by atomic mass is 14.2. The molecule has 0 aromatic carbocycles. The Morgan fingerprint density at radius 1 is 0.846 bits per heavy atom. The number of hydrogen-bond donors (Lipinski definition) is 0. The van der Waals surface area contributed by atoms with Crippen molar-refractivity contribution in [1.29, 1.82) is 10.5 Å². The molecule has 0 fully saturated rings. The van der Waals surface area contributed by atoms with Crippen molar-refractivity contribution in [1.82, 2.24) is 0 Å². The lowest BCUT2D eigenvalue weighted by Gasteiger charge is -1.98. The average Bonchev–Trinajstić information content (AvgIpc) is 2.16. The predicted octanol–water partition coefficient (Wildman–Crippen LogP) is 3.36. The Labute approximate surface area is 81.2 Å². The monoisotopic (exact) mass is 177 g/mol. The van der Waals surface area contributed by atoms with Gasteiger partial charge in [-0.05, 0) is 12.8 Å². The summed E-state index contributed by atoms with van der Waals surface area (Å²) in [5.41, 5.74) is 0. The second-order valence-electron chi connectivity index (χ2n) is 3.15. The molecule has 0 spiro atoms. The third-order valence-corrected chi connectivity index (χ3v) is 1.98. The van der Waals surface area contributed by atoms with Crippen LogP contribution in [0.1, 0.15) is 51.4 Å². The van der Waals surface area contributed by atoms with E-state index < -0.39 is 0 Å². The van der Waals surface area contributed by atoms with E-state index in [1.807, 2.05) is 6.07 Å². The number of nitriles is 2. The van der Waals surface area contributed by atoms with Gasteiger partial charge in [0.05, 0.1) is 18.6 Å². The Morgan fingerprint density at radius 3 is 2.08 bits per heavy atom. The molecular weight excluding hydrogens is 160 g/mol. The molecule has 0 amide bonds. The van der Waals surface area contributed by atoms with Crippen LogP contribution in [0.3, 0.4) is 0 Å². The van der Waals surface area contributed by atoms with E-state index in [1.165, 1.54) is 25.7 Å². The van der Waals surface area contributed by atoms with Crippen LogP contribution in [-0.4, -0.2) is 0 Å². The maximum Gasteiger partial charge on any atom is 0.0669 e. The number of rotatable bonds is 8. The zero-order chi connectivity index (χ0) is 9.78. The van der Waals surface area contributed by atoms with Crippen LogP contribution in [0.4, 0.5) is 0 Å². The zero-order valence-corrected chi connectivity index (χ0v) is 8.13. The van der Waals surface area contributed by atoms with Gasteiger partial charge in [0.2, 0.25) is 0 Å². The highest BCUT2D eigenvalue weighted by molar-refractivity contribution is 4.90. The van der Waals surface area contributed by atoms with E-state index in [-0.39, 0.29) is 0 Å². The summed E-state index contributed by atoms with van der Waals surface area (Å²) in [5.74, 6) is 0. The first kappa shape index (κ1) is 12.0. The van der Waals surface area contributed by atoms with Crippen molar-refractivity contribution in [3.8, 4) is 12.1 Å². The molecule has 2 nitrogen and oxygen atoms in total. The van der Waals surface area contributed by atoms with Crippen molar-refractivity contribution in [3.05, 3.63) is 6.42 Å². The van der Waals surface area contributed by atoms with Crippen molar-refractivity contribution in [2.45, 2.75) is 51.4 Å². The lowest BCUT2D eigenvalue weighted by Crippen LogP contribution is -1.80. The minimum Gasteiger partial charge on any atom is -0.198 e. The van der Waals surface area contributed by atoms with Gasteiger partial charge in [-0.15, -0.1) is 0 Å². The minimum absolute atomic E-state index is 0.697. The number of unbranched alkanes of at least 4 members (excludes halogenated alkanes) is 8. The van der Waals surface area contributed by atoms with E-state index in [0.29, 0.717) is 6.42 Å². The van der Waals surface area contributed by atoms with Crippen LogP contribution in [0.15, 0.2) is 0 Å². The van der Waals surface area contributed by atoms with Crippen molar-refractivity contribution in [2.24, 2.45) is 0 Å². The maximum absolute atomic E-state index is 8.28. The van der Waals surface area contributed by atoms with Crippen LogP contribution in [0, 0.1) is 29.1 Å². The summed E-state index contributed by atoms with van der Waals surface area (Å²) >= 11 is 0. The van der Waals surface area contributed by atoms with Gasteiger partial charge in [-0.2, -0.15) is 10.5 Å². The second-order valence-corrected chi connectivity index (χ2v) is 3.15. The molecule has 71 valence electrons. The molecule has 0 rings (SSSR count). The zero-order valence-electron chi connectivity index (χ0n) is 8.13. The smallest absolute Gasteiger partial charge is 0.0669 e. The number of nitrogens with zero attached hydrogens (tertiary/aromatic N) is 2. The van der Waals surface area contributed by atoms with E-state index in [9.17, 15) is 0 Å². The molecule has 0 aliphatic heterocycles. The second kappa shape index (κ2) is 11.0. The molecule has 2 heteroatoms. The molecule has 0 unspecified atom stereocenters. The van der Waals surface area contributed by atoms with Gasteiger partial charge in [0.1, 0.15) is 0 Å². The Kier molecular flexibility index (Phi) is 10.1. The molecule has 1 radical (unpaired) electrons. The Bertz CT molecular complexity index is 154. The molecule has 0 aliphatic rings. The highest BCUT2D eigenvalue weighted by Crippen LogP contribution is 2.08. The van der Waals surface area contributed by atoms with Gasteiger partial charge < -0.3 is 0 Å². The van der Waals surface area contributed by atoms with E-state index >= 15 is 0 Å². The minimum atomic E-state index is 0.697. The Morgan fingerprint density at radius 2 is 1.46 bits per heavy atom. The van der Waals surface area contributed by atoms with Crippen molar-refractivity contribution in [3.63, 3.8) is 0 Å². The van der Waals surface area contributed by atoms with Crippen LogP contribution in [-0.2, 0) is 0 Å². The fourth-order valence-electron chi connectivity index (χ4n) is 1.22. The van der Waals surface area contributed by atoms with Gasteiger partial charge in [0.15, 0.2) is 0 Å². The standard InChI is InChI=1S/C11H17N2/c12-10-8-6-4-2-1-3-5-7-9-11-13/h8H,1-7,9H2. The molecule has 0 saturated carbocycles. The lowest BCUT2D eigenvalue weighted by atomic mass is 10.1. The predicted molar refractivity (Wildman–Crippen MR) is 52.5 cm³/mol. The van der Waals surface area contributed by atoms with Gasteiger partial charge in [-0.1, -0.05) is 32.1 Å². The molecule has 0 atom stereocenters. The summed E-state index contributed by atoms with van der Waals surface area (Å²) in [7, 11) is 0. The van der Waals surface area contributed by atoms with Crippen molar-refractivity contribution >= 4 is 0 Å². The first-order valence-corrected chi connectivity index (χ1v) is 5.00. The third-order valence-electron chi connectivity index (χ3n) is 1.98. The molecule has 13 heavy (non-hydrogen) atoms. The topological polar surface area (TPSA) is 47.6 Å². The van der Waals surface area contributed by atoms with E-state index in [4.69, 9.17) is 10.5 Å². The van der Waals surface area contributed by atoms with Gasteiger partial charge in [-0.25, -0.2) is 0 Å². The van der Waals surface area contributed by atoms with Gasteiger partial charge >= 0.3 is 0 Å². The summed E-state index contributed by atoms with van der Waals surface area (Å²) < 4.78 is 0. The molecule has 0 aromatic rings. The maximum atomic E-state index is 8.28. The SMILES string of the molecule is N#C[CH]CCCCCCCCC#N. The molecule has 0 N–H and O–H groups in total. The van der Waals surface area contributed by atoms with Crippen LogP contribution in [0.5, 0.6) is 0 Å². The molecular formula is C11H17N2. The lowest BCUT2D eigenvalue weighted by molar-refractivity contribution is 0.598. The molecule has 0 aromatic heterocycles. The largest absolute Gasteiger partial charge is 0.198 e. The van der Waals surface area contributed by atoms with Crippen molar-refractivity contribution < 1.29 is 0 Å². The van der Waals surface area contributed by atoms with Gasteiger partial charge in [0.25, 0.3) is 0 Å². The van der Waals surface area contributed by atoms with Gasteiger partial charge in [0, 0.05) is 6.42 Å². The fourth-order valence-corrected chi connectivity index (χ4v) is 1.22. The molecule has 0 aliphatic carbocycles. The third kappa shape index (κ3) is 11.0. The highest BCUT2D eigenvalue weighted by Gasteiger charge is 1.91.